The van der Waals surface area contributed by atoms with Crippen molar-refractivity contribution < 1.29 is 13.5 Å². The molecule has 0 aliphatic heterocycles. The van der Waals surface area contributed by atoms with Crippen molar-refractivity contribution in [3.05, 3.63) is 24.5 Å². The van der Waals surface area contributed by atoms with Crippen LogP contribution < -0.4 is 4.72 Å². The quantitative estimate of drug-likeness (QED) is 0.790. The Balaban J connectivity index is 2.69. The van der Waals surface area contributed by atoms with Crippen LogP contribution in [0.2, 0.25) is 0 Å². The first-order valence-corrected chi connectivity index (χ1v) is 6.86. The summed E-state index contributed by atoms with van der Waals surface area (Å²) in [6, 6.07) is 3.07. The average molecular weight is 258 g/mol. The predicted molar refractivity (Wildman–Crippen MR) is 64.9 cm³/mol. The van der Waals surface area contributed by atoms with E-state index in [0.29, 0.717) is 6.42 Å². The Morgan fingerprint density at radius 1 is 1.47 bits per heavy atom. The van der Waals surface area contributed by atoms with Gasteiger partial charge in [0.15, 0.2) is 0 Å². The maximum Gasteiger partial charge on any atom is 0.242 e. The van der Waals surface area contributed by atoms with E-state index in [-0.39, 0.29) is 23.5 Å². The topological polar surface area (TPSA) is 79.3 Å². The molecule has 1 aromatic heterocycles. The Bertz CT molecular complexity index is 443. The molecule has 0 bridgehead atoms. The SMILES string of the molecule is CC(C)(CCO)CNS(=O)(=O)c1cccnc1. The molecular weight excluding hydrogens is 240 g/mol. The zero-order valence-electron chi connectivity index (χ0n) is 10.0. The minimum Gasteiger partial charge on any atom is -0.396 e. The summed E-state index contributed by atoms with van der Waals surface area (Å²) in [5, 5.41) is 8.86. The van der Waals surface area contributed by atoms with Crippen LogP contribution in [-0.2, 0) is 10.0 Å². The van der Waals surface area contributed by atoms with Crippen LogP contribution in [0.25, 0.3) is 0 Å². The Hall–Kier alpha value is -0.980. The van der Waals surface area contributed by atoms with Gasteiger partial charge in [-0.1, -0.05) is 13.8 Å². The van der Waals surface area contributed by atoms with Gasteiger partial charge in [-0.3, -0.25) is 4.98 Å². The lowest BCUT2D eigenvalue weighted by Crippen LogP contribution is -2.34. The molecule has 0 radical (unpaired) electrons. The second-order valence-electron chi connectivity index (χ2n) is 4.65. The van der Waals surface area contributed by atoms with Crippen molar-refractivity contribution in [1.82, 2.24) is 9.71 Å². The molecule has 6 heteroatoms. The van der Waals surface area contributed by atoms with E-state index >= 15 is 0 Å². The smallest absolute Gasteiger partial charge is 0.242 e. The monoisotopic (exact) mass is 258 g/mol. The summed E-state index contributed by atoms with van der Waals surface area (Å²) < 4.78 is 26.3. The average Bonchev–Trinajstić information content (AvgIpc) is 2.28. The third-order valence-corrected chi connectivity index (χ3v) is 3.86. The van der Waals surface area contributed by atoms with Gasteiger partial charge in [0.05, 0.1) is 0 Å². The Kier molecular flexibility index (Phi) is 4.62. The summed E-state index contributed by atoms with van der Waals surface area (Å²) >= 11 is 0. The molecule has 0 amide bonds. The van der Waals surface area contributed by atoms with Gasteiger partial charge >= 0.3 is 0 Å². The van der Waals surface area contributed by atoms with Gasteiger partial charge in [-0.15, -0.1) is 0 Å². The van der Waals surface area contributed by atoms with Crippen molar-refractivity contribution in [1.29, 1.82) is 0 Å². The molecule has 5 nitrogen and oxygen atoms in total. The second kappa shape index (κ2) is 5.57. The van der Waals surface area contributed by atoms with Crippen LogP contribution in [0.3, 0.4) is 0 Å². The van der Waals surface area contributed by atoms with Crippen LogP contribution >= 0.6 is 0 Å². The minimum absolute atomic E-state index is 0.0433. The fourth-order valence-corrected chi connectivity index (χ4v) is 2.48. The highest BCUT2D eigenvalue weighted by atomic mass is 32.2. The van der Waals surface area contributed by atoms with E-state index in [0.717, 1.165) is 0 Å². The highest BCUT2D eigenvalue weighted by Gasteiger charge is 2.21. The third kappa shape index (κ3) is 4.41. The van der Waals surface area contributed by atoms with Gasteiger partial charge in [0.25, 0.3) is 0 Å². The van der Waals surface area contributed by atoms with Gasteiger partial charge < -0.3 is 5.11 Å². The Morgan fingerprint density at radius 2 is 2.18 bits per heavy atom. The number of aliphatic hydroxyl groups is 1. The van der Waals surface area contributed by atoms with Gasteiger partial charge in [0.2, 0.25) is 10.0 Å². The summed E-state index contributed by atoms with van der Waals surface area (Å²) in [6.07, 6.45) is 3.37. The van der Waals surface area contributed by atoms with Crippen molar-refractivity contribution in [3.8, 4) is 0 Å². The number of hydrogen-bond donors (Lipinski definition) is 2. The van der Waals surface area contributed by atoms with Gasteiger partial charge in [-0.25, -0.2) is 13.1 Å². The van der Waals surface area contributed by atoms with Gasteiger partial charge in [-0.2, -0.15) is 0 Å². The molecule has 0 unspecified atom stereocenters. The Labute approximate surface area is 102 Å². The van der Waals surface area contributed by atoms with E-state index in [9.17, 15) is 8.42 Å². The van der Waals surface area contributed by atoms with Crippen molar-refractivity contribution >= 4 is 10.0 Å². The number of nitrogens with one attached hydrogen (secondary N) is 1. The molecule has 2 N–H and O–H groups in total. The van der Waals surface area contributed by atoms with E-state index in [1.807, 2.05) is 13.8 Å². The van der Waals surface area contributed by atoms with Gasteiger partial charge in [-0.05, 0) is 24.0 Å². The summed E-state index contributed by atoms with van der Waals surface area (Å²) in [5.41, 5.74) is -0.274. The molecule has 0 atom stereocenters. The van der Waals surface area contributed by atoms with Crippen LogP contribution in [0.15, 0.2) is 29.4 Å². The van der Waals surface area contributed by atoms with Crippen LogP contribution in [0.5, 0.6) is 0 Å². The number of sulfonamides is 1. The number of nitrogens with zero attached hydrogens (tertiary/aromatic N) is 1. The molecule has 1 aromatic rings. The van der Waals surface area contributed by atoms with Crippen molar-refractivity contribution in [3.63, 3.8) is 0 Å². The molecular formula is C11H18N2O3S. The first kappa shape index (κ1) is 14.1. The molecule has 17 heavy (non-hydrogen) atoms. The number of aliphatic hydroxyl groups excluding tert-OH is 1. The second-order valence-corrected chi connectivity index (χ2v) is 6.42. The summed E-state index contributed by atoms with van der Waals surface area (Å²) in [4.78, 5) is 3.93. The molecule has 0 aliphatic carbocycles. The molecule has 0 spiro atoms. The number of aromatic nitrogens is 1. The highest BCUT2D eigenvalue weighted by Crippen LogP contribution is 2.19. The van der Waals surface area contributed by atoms with E-state index in [1.165, 1.54) is 18.5 Å². The first-order chi connectivity index (χ1) is 7.87. The Morgan fingerprint density at radius 3 is 2.71 bits per heavy atom. The molecule has 1 heterocycles. The molecule has 0 aromatic carbocycles. The molecule has 0 saturated carbocycles. The van der Waals surface area contributed by atoms with Crippen molar-refractivity contribution in [2.75, 3.05) is 13.2 Å². The normalized spacial score (nSPS) is 12.6. The molecule has 0 aliphatic rings. The van der Waals surface area contributed by atoms with E-state index in [4.69, 9.17) is 5.11 Å². The van der Waals surface area contributed by atoms with Gasteiger partial charge in [0.1, 0.15) is 4.90 Å². The van der Waals surface area contributed by atoms with E-state index < -0.39 is 10.0 Å². The molecule has 0 saturated heterocycles. The third-order valence-electron chi connectivity index (χ3n) is 2.47. The summed E-state index contributed by atoms with van der Waals surface area (Å²) in [5.74, 6) is 0. The highest BCUT2D eigenvalue weighted by molar-refractivity contribution is 7.89. The van der Waals surface area contributed by atoms with Crippen LogP contribution in [-0.4, -0.2) is 31.7 Å². The molecule has 1 rings (SSSR count). The van der Waals surface area contributed by atoms with Crippen molar-refractivity contribution in [2.24, 2.45) is 5.41 Å². The molecule has 0 fully saturated rings. The number of hydrogen-bond acceptors (Lipinski definition) is 4. The fraction of sp³-hybridized carbons (Fsp3) is 0.545. The fourth-order valence-electron chi connectivity index (χ4n) is 1.27. The standard InChI is InChI=1S/C11H18N2O3S/c1-11(2,5-7-14)9-13-17(15,16)10-4-3-6-12-8-10/h3-4,6,8,13-14H,5,7,9H2,1-2H3. The number of rotatable bonds is 6. The van der Waals surface area contributed by atoms with Crippen LogP contribution in [0, 0.1) is 5.41 Å². The summed E-state index contributed by atoms with van der Waals surface area (Å²) in [6.45, 7) is 4.12. The zero-order valence-corrected chi connectivity index (χ0v) is 10.9. The number of pyridine rings is 1. The van der Waals surface area contributed by atoms with Gasteiger partial charge in [0, 0.05) is 25.5 Å². The van der Waals surface area contributed by atoms with Crippen LogP contribution in [0.1, 0.15) is 20.3 Å². The maximum atomic E-state index is 11.9. The molecule has 96 valence electrons. The van der Waals surface area contributed by atoms with Crippen LogP contribution in [0.4, 0.5) is 0 Å². The lowest BCUT2D eigenvalue weighted by molar-refractivity contribution is 0.213. The zero-order chi connectivity index (χ0) is 12.9. The van der Waals surface area contributed by atoms with E-state index in [2.05, 4.69) is 9.71 Å². The lowest BCUT2D eigenvalue weighted by atomic mass is 9.90. The summed E-state index contributed by atoms with van der Waals surface area (Å²) in [7, 11) is -3.51. The van der Waals surface area contributed by atoms with Crippen molar-refractivity contribution in [2.45, 2.75) is 25.2 Å². The lowest BCUT2D eigenvalue weighted by Gasteiger charge is -2.23. The maximum absolute atomic E-state index is 11.9. The predicted octanol–water partition coefficient (Wildman–Crippen LogP) is 0.769. The minimum atomic E-state index is -3.51. The largest absolute Gasteiger partial charge is 0.396 e. The first-order valence-electron chi connectivity index (χ1n) is 5.38. The van der Waals surface area contributed by atoms with E-state index in [1.54, 1.807) is 6.07 Å².